The van der Waals surface area contributed by atoms with Crippen LogP contribution in [0.25, 0.3) is 22.2 Å². The highest BCUT2D eigenvalue weighted by Crippen LogP contribution is 2.39. The fourth-order valence-corrected chi connectivity index (χ4v) is 4.82. The number of fused-ring (bicyclic) bond motifs is 1. The Balaban J connectivity index is 0.00000294. The summed E-state index contributed by atoms with van der Waals surface area (Å²) in [6.45, 7) is 14.9. The van der Waals surface area contributed by atoms with Crippen LogP contribution in [-0.4, -0.2) is 78.8 Å². The number of hydrogen-bond acceptors (Lipinski definition) is 9. The summed E-state index contributed by atoms with van der Waals surface area (Å²) < 4.78 is 13.3. The van der Waals surface area contributed by atoms with Gasteiger partial charge < -0.3 is 34.5 Å². The molecule has 11 nitrogen and oxygen atoms in total. The van der Waals surface area contributed by atoms with Crippen molar-refractivity contribution in [3.8, 4) is 17.0 Å². The summed E-state index contributed by atoms with van der Waals surface area (Å²) in [5.74, 6) is -0.0179. The third-order valence-corrected chi connectivity index (χ3v) is 7.36. The van der Waals surface area contributed by atoms with Crippen molar-refractivity contribution in [3.63, 3.8) is 0 Å². The van der Waals surface area contributed by atoms with E-state index in [9.17, 15) is 9.59 Å². The van der Waals surface area contributed by atoms with E-state index < -0.39 is 5.97 Å². The Kier molecular flexibility index (Phi) is 12.9. The minimum absolute atomic E-state index is 0.237. The average molecular weight is 644 g/mol. The maximum absolute atomic E-state index is 13.2. The van der Waals surface area contributed by atoms with Crippen molar-refractivity contribution < 1.29 is 19.1 Å². The molecule has 0 aliphatic carbocycles. The van der Waals surface area contributed by atoms with Gasteiger partial charge in [-0.3, -0.25) is 4.79 Å². The van der Waals surface area contributed by atoms with Crippen LogP contribution < -0.4 is 20.3 Å². The van der Waals surface area contributed by atoms with E-state index in [4.69, 9.17) is 14.5 Å². The minimum Gasteiger partial charge on any atom is -0.494 e. The number of para-hydroxylation sites is 1. The number of nitrogens with one attached hydrogen (secondary N) is 2. The number of aryl methyl sites for hydroxylation is 1. The summed E-state index contributed by atoms with van der Waals surface area (Å²) in [4.78, 5) is 39.6. The molecular formula is C36H49N7O4. The van der Waals surface area contributed by atoms with Gasteiger partial charge in [0.2, 0.25) is 5.95 Å². The van der Waals surface area contributed by atoms with Crippen LogP contribution in [0.1, 0.15) is 51.4 Å². The number of benzene rings is 2. The molecule has 0 atom stereocenters. The Morgan fingerprint density at radius 1 is 1.06 bits per heavy atom. The molecule has 2 N–H and O–H groups in total. The second-order valence-electron chi connectivity index (χ2n) is 11.4. The molecule has 2 heterocycles. The Morgan fingerprint density at radius 2 is 1.77 bits per heavy atom. The monoisotopic (exact) mass is 643 g/mol. The third kappa shape index (κ3) is 8.88. The topological polar surface area (TPSA) is 114 Å². The summed E-state index contributed by atoms with van der Waals surface area (Å²) in [5, 5.41) is 7.21. The van der Waals surface area contributed by atoms with Crippen LogP contribution in [0, 0.1) is 0 Å². The number of rotatable bonds is 13. The van der Waals surface area contributed by atoms with Gasteiger partial charge in [0.25, 0.3) is 5.91 Å². The minimum atomic E-state index is -0.511. The Labute approximate surface area is 278 Å². The second kappa shape index (κ2) is 16.6. The zero-order chi connectivity index (χ0) is 34.8. The first kappa shape index (κ1) is 36.6. The number of methoxy groups -OCH3 is 1. The number of anilines is 4. The Morgan fingerprint density at radius 3 is 2.40 bits per heavy atom. The molecule has 11 heteroatoms. The predicted molar refractivity (Wildman–Crippen MR) is 192 cm³/mol. The van der Waals surface area contributed by atoms with Crippen LogP contribution in [-0.2, 0) is 16.6 Å². The first-order valence-electron chi connectivity index (χ1n) is 15.9. The number of hydrogen-bond donors (Lipinski definition) is 2. The molecule has 0 saturated heterocycles. The van der Waals surface area contributed by atoms with E-state index in [2.05, 4.69) is 32.0 Å². The standard InChI is InChI=1S/C34H43N7O4.C2H6/c1-10-22(4)32(42)36-26-17-27(30(44-9)18-29(26)40(7)16-15-39(5)6)37-34-35-19-24(33(43)45-21(2)3)31(38-34)25-20-41(8)28-14-12-11-13-23(25)28;1-2/h11-14,17-21H,4,10,15-16H2,1-3,5-9H3,(H,36,42)(H,35,37,38);1-2H3. The van der Waals surface area contributed by atoms with E-state index >= 15 is 0 Å². The lowest BCUT2D eigenvalue weighted by molar-refractivity contribution is -0.112. The van der Waals surface area contributed by atoms with Crippen molar-refractivity contribution in [2.75, 3.05) is 56.9 Å². The van der Waals surface area contributed by atoms with Crippen molar-refractivity contribution >= 4 is 45.8 Å². The van der Waals surface area contributed by atoms with Gasteiger partial charge in [-0.2, -0.15) is 0 Å². The van der Waals surface area contributed by atoms with Crippen LogP contribution in [0.4, 0.5) is 23.0 Å². The number of esters is 1. The van der Waals surface area contributed by atoms with Crippen molar-refractivity contribution in [3.05, 3.63) is 66.5 Å². The molecule has 0 radical (unpaired) electrons. The van der Waals surface area contributed by atoms with E-state index in [1.54, 1.807) is 27.0 Å². The average Bonchev–Trinajstić information content (AvgIpc) is 3.39. The van der Waals surface area contributed by atoms with E-state index in [-0.39, 0.29) is 23.5 Å². The second-order valence-corrected chi connectivity index (χ2v) is 11.4. The van der Waals surface area contributed by atoms with Crippen LogP contribution in [0.15, 0.2) is 60.9 Å². The van der Waals surface area contributed by atoms with Gasteiger partial charge in [-0.25, -0.2) is 14.8 Å². The summed E-state index contributed by atoms with van der Waals surface area (Å²) in [5.41, 5.74) is 4.79. The molecule has 252 valence electrons. The number of nitrogens with zero attached hydrogens (tertiary/aromatic N) is 5. The first-order valence-corrected chi connectivity index (χ1v) is 15.9. The van der Waals surface area contributed by atoms with Crippen molar-refractivity contribution in [2.24, 2.45) is 7.05 Å². The Hall–Kier alpha value is -4.90. The SMILES string of the molecule is C=C(CC)C(=O)Nc1cc(Nc2ncc(C(=O)OC(C)C)c(-c3cn(C)c4ccccc34)n2)c(OC)cc1N(C)CCN(C)C.CC. The van der Waals surface area contributed by atoms with Crippen LogP contribution in [0.5, 0.6) is 5.75 Å². The number of ether oxygens (including phenoxy) is 2. The molecule has 2 aromatic carbocycles. The van der Waals surface area contributed by atoms with Crippen molar-refractivity contribution in [1.29, 1.82) is 0 Å². The van der Waals surface area contributed by atoms with E-state index in [0.717, 1.165) is 28.7 Å². The normalized spacial score (nSPS) is 10.8. The van der Waals surface area contributed by atoms with Gasteiger partial charge in [-0.05, 0) is 46.5 Å². The molecular weight excluding hydrogens is 594 g/mol. The summed E-state index contributed by atoms with van der Waals surface area (Å²) in [7, 11) is 9.51. The summed E-state index contributed by atoms with van der Waals surface area (Å²) in [6.07, 6.45) is 3.62. The lowest BCUT2D eigenvalue weighted by Gasteiger charge is -2.26. The molecule has 0 unspecified atom stereocenters. The number of amides is 1. The van der Waals surface area contributed by atoms with Gasteiger partial charge in [-0.1, -0.05) is 45.5 Å². The van der Waals surface area contributed by atoms with Gasteiger partial charge in [0.05, 0.1) is 36.0 Å². The lowest BCUT2D eigenvalue weighted by Crippen LogP contribution is -2.29. The van der Waals surface area contributed by atoms with Gasteiger partial charge in [0, 0.05) is 67.7 Å². The molecule has 4 rings (SSSR count). The molecule has 2 aromatic heterocycles. The van der Waals surface area contributed by atoms with E-state index in [0.29, 0.717) is 41.4 Å². The summed E-state index contributed by atoms with van der Waals surface area (Å²) >= 11 is 0. The number of carbonyl (C=O) groups excluding carboxylic acids is 2. The predicted octanol–water partition coefficient (Wildman–Crippen LogP) is 6.88. The highest BCUT2D eigenvalue weighted by atomic mass is 16.5. The lowest BCUT2D eigenvalue weighted by atomic mass is 10.1. The smallest absolute Gasteiger partial charge is 0.342 e. The van der Waals surface area contributed by atoms with E-state index in [1.807, 2.05) is 90.1 Å². The summed E-state index contributed by atoms with van der Waals surface area (Å²) in [6, 6.07) is 11.6. The maximum Gasteiger partial charge on any atom is 0.342 e. The molecule has 0 saturated carbocycles. The van der Waals surface area contributed by atoms with Crippen LogP contribution in [0.3, 0.4) is 0 Å². The molecule has 0 fully saturated rings. The molecule has 0 spiro atoms. The molecule has 47 heavy (non-hydrogen) atoms. The van der Waals surface area contributed by atoms with Crippen molar-refractivity contribution in [1.82, 2.24) is 19.4 Å². The third-order valence-electron chi connectivity index (χ3n) is 7.36. The number of likely N-dealkylation sites (N-methyl/N-ethyl adjacent to an activating group) is 2. The largest absolute Gasteiger partial charge is 0.494 e. The molecule has 0 aliphatic rings. The zero-order valence-electron chi connectivity index (χ0n) is 29.4. The zero-order valence-corrected chi connectivity index (χ0v) is 29.4. The van der Waals surface area contributed by atoms with Gasteiger partial charge in [0.15, 0.2) is 0 Å². The molecule has 4 aromatic rings. The van der Waals surface area contributed by atoms with Crippen LogP contribution in [0.2, 0.25) is 0 Å². The Bertz CT molecular complexity index is 1710. The molecule has 0 aliphatic heterocycles. The highest BCUT2D eigenvalue weighted by Gasteiger charge is 2.23. The fourth-order valence-electron chi connectivity index (χ4n) is 4.82. The fraction of sp³-hybridized carbons (Fsp3) is 0.389. The molecule has 1 amide bonds. The quantitative estimate of drug-likeness (QED) is 0.119. The van der Waals surface area contributed by atoms with Gasteiger partial charge in [-0.15, -0.1) is 0 Å². The van der Waals surface area contributed by atoms with Crippen LogP contribution >= 0.6 is 0 Å². The van der Waals surface area contributed by atoms with Gasteiger partial charge in [0.1, 0.15) is 11.3 Å². The number of aromatic nitrogens is 3. The highest BCUT2D eigenvalue weighted by molar-refractivity contribution is 6.06. The maximum atomic E-state index is 13.2. The van der Waals surface area contributed by atoms with E-state index in [1.165, 1.54) is 6.20 Å². The molecule has 0 bridgehead atoms. The van der Waals surface area contributed by atoms with Crippen molar-refractivity contribution in [2.45, 2.75) is 47.1 Å². The van der Waals surface area contributed by atoms with Gasteiger partial charge >= 0.3 is 5.97 Å². The number of carbonyl (C=O) groups is 2. The first-order chi connectivity index (χ1) is 22.4.